The van der Waals surface area contributed by atoms with Crippen molar-refractivity contribution in [1.82, 2.24) is 19.2 Å². The minimum absolute atomic E-state index is 0.0625. The van der Waals surface area contributed by atoms with Crippen LogP contribution in [-0.4, -0.2) is 48.3 Å². The molecule has 0 radical (unpaired) electrons. The summed E-state index contributed by atoms with van der Waals surface area (Å²) in [5.74, 6) is 0.876. The van der Waals surface area contributed by atoms with Crippen molar-refractivity contribution in [3.8, 4) is 0 Å². The number of hydrogen-bond acceptors (Lipinski definition) is 4. The Morgan fingerprint density at radius 2 is 2.00 bits per heavy atom. The van der Waals surface area contributed by atoms with E-state index in [0.29, 0.717) is 24.4 Å². The average Bonchev–Trinajstić information content (AvgIpc) is 3.25. The van der Waals surface area contributed by atoms with Crippen LogP contribution in [0.3, 0.4) is 0 Å². The number of nitrogens with one attached hydrogen (secondary N) is 1. The Balaban J connectivity index is 1.79. The highest BCUT2D eigenvalue weighted by Crippen LogP contribution is 2.23. The Morgan fingerprint density at radius 1 is 1.30 bits per heavy atom. The molecular formula is C19H28N4O3S. The molecule has 148 valence electrons. The highest BCUT2D eigenvalue weighted by atomic mass is 32.2. The molecule has 7 nitrogen and oxygen atoms in total. The van der Waals surface area contributed by atoms with Crippen molar-refractivity contribution in [3.63, 3.8) is 0 Å². The smallest absolute Gasteiger partial charge is 0.242 e. The lowest BCUT2D eigenvalue weighted by atomic mass is 10.2. The largest absolute Gasteiger partial charge is 0.353 e. The Labute approximate surface area is 160 Å². The Morgan fingerprint density at radius 3 is 2.63 bits per heavy atom. The summed E-state index contributed by atoms with van der Waals surface area (Å²) in [6, 6.07) is 5.34. The van der Waals surface area contributed by atoms with E-state index in [9.17, 15) is 13.2 Å². The molecule has 0 aliphatic heterocycles. The minimum Gasteiger partial charge on any atom is -0.353 e. The fraction of sp³-hybridized carbons (Fsp3) is 0.579. The fourth-order valence-corrected chi connectivity index (χ4v) is 4.59. The van der Waals surface area contributed by atoms with Crippen molar-refractivity contribution in [2.45, 2.75) is 62.9 Å². The first-order chi connectivity index (χ1) is 12.8. The number of imidazole rings is 1. The van der Waals surface area contributed by atoms with Gasteiger partial charge in [0.15, 0.2) is 0 Å². The van der Waals surface area contributed by atoms with Crippen molar-refractivity contribution in [1.29, 1.82) is 0 Å². The second kappa shape index (κ2) is 7.98. The maximum Gasteiger partial charge on any atom is 0.242 e. The number of aryl methyl sites for hydroxylation is 2. The second-order valence-corrected chi connectivity index (χ2v) is 9.41. The summed E-state index contributed by atoms with van der Waals surface area (Å²) in [6.07, 6.45) is 5.45. The van der Waals surface area contributed by atoms with Gasteiger partial charge in [-0.2, -0.15) is 0 Å². The van der Waals surface area contributed by atoms with Crippen molar-refractivity contribution in [2.75, 3.05) is 14.1 Å². The molecule has 1 aliphatic carbocycles. The molecule has 0 saturated heterocycles. The predicted octanol–water partition coefficient (Wildman–Crippen LogP) is 2.30. The van der Waals surface area contributed by atoms with E-state index in [2.05, 4.69) is 10.3 Å². The van der Waals surface area contributed by atoms with E-state index < -0.39 is 10.0 Å². The summed E-state index contributed by atoms with van der Waals surface area (Å²) in [5, 5.41) is 3.10. The number of benzene rings is 1. The molecular weight excluding hydrogens is 364 g/mol. The number of aromatic nitrogens is 2. The van der Waals surface area contributed by atoms with Gasteiger partial charge in [0, 0.05) is 39.5 Å². The zero-order valence-corrected chi connectivity index (χ0v) is 17.1. The van der Waals surface area contributed by atoms with Gasteiger partial charge in [0.25, 0.3) is 0 Å². The average molecular weight is 393 g/mol. The van der Waals surface area contributed by atoms with Crippen LogP contribution in [0.2, 0.25) is 0 Å². The minimum atomic E-state index is -3.50. The second-order valence-electron chi connectivity index (χ2n) is 7.26. The summed E-state index contributed by atoms with van der Waals surface area (Å²) in [5.41, 5.74) is 1.53. The third kappa shape index (κ3) is 4.16. The van der Waals surface area contributed by atoms with E-state index in [0.717, 1.165) is 30.7 Å². The molecule has 1 aromatic carbocycles. The zero-order chi connectivity index (χ0) is 19.6. The number of hydrogen-bond donors (Lipinski definition) is 1. The Hall–Kier alpha value is -1.93. The van der Waals surface area contributed by atoms with Gasteiger partial charge >= 0.3 is 0 Å². The topological polar surface area (TPSA) is 84.3 Å². The van der Waals surface area contributed by atoms with Gasteiger partial charge in [0.05, 0.1) is 15.9 Å². The van der Waals surface area contributed by atoms with Crippen LogP contribution in [0.25, 0.3) is 11.0 Å². The Kier molecular flexibility index (Phi) is 5.86. The summed E-state index contributed by atoms with van der Waals surface area (Å²) >= 11 is 0. The number of nitrogens with zero attached hydrogens (tertiary/aromatic N) is 3. The SMILES string of the molecule is CCn1c(CCC(=O)NC2CCCC2)nc2cc(S(=O)(=O)N(C)C)ccc21. The quantitative estimate of drug-likeness (QED) is 0.784. The van der Waals surface area contributed by atoms with Crippen molar-refractivity contribution in [2.24, 2.45) is 0 Å². The molecule has 0 unspecified atom stereocenters. The van der Waals surface area contributed by atoms with Gasteiger partial charge in [-0.25, -0.2) is 17.7 Å². The van der Waals surface area contributed by atoms with Crippen LogP contribution in [0.15, 0.2) is 23.1 Å². The summed E-state index contributed by atoms with van der Waals surface area (Å²) in [6.45, 7) is 2.74. The first kappa shape index (κ1) is 19.8. The molecule has 1 fully saturated rings. The fourth-order valence-electron chi connectivity index (χ4n) is 3.67. The lowest BCUT2D eigenvalue weighted by Crippen LogP contribution is -2.32. The van der Waals surface area contributed by atoms with E-state index in [-0.39, 0.29) is 10.8 Å². The molecule has 0 spiro atoms. The van der Waals surface area contributed by atoms with Crippen LogP contribution in [0, 0.1) is 0 Å². The number of sulfonamides is 1. The molecule has 8 heteroatoms. The van der Waals surface area contributed by atoms with Gasteiger partial charge in [-0.15, -0.1) is 0 Å². The van der Waals surface area contributed by atoms with Crippen molar-refractivity contribution < 1.29 is 13.2 Å². The van der Waals surface area contributed by atoms with E-state index in [1.165, 1.54) is 31.2 Å². The van der Waals surface area contributed by atoms with Gasteiger partial charge in [-0.05, 0) is 38.0 Å². The van der Waals surface area contributed by atoms with Crippen LogP contribution in [-0.2, 0) is 27.8 Å². The third-order valence-corrected chi connectivity index (χ3v) is 7.00. The first-order valence-electron chi connectivity index (χ1n) is 9.54. The number of carbonyl (C=O) groups is 1. The molecule has 2 aromatic rings. The molecule has 27 heavy (non-hydrogen) atoms. The van der Waals surface area contributed by atoms with Crippen LogP contribution in [0.4, 0.5) is 0 Å². The molecule has 3 rings (SSSR count). The lowest BCUT2D eigenvalue weighted by molar-refractivity contribution is -0.121. The number of rotatable bonds is 7. The van der Waals surface area contributed by atoms with Crippen LogP contribution < -0.4 is 5.32 Å². The molecule has 1 heterocycles. The van der Waals surface area contributed by atoms with Gasteiger partial charge in [-0.3, -0.25) is 4.79 Å². The normalized spacial score (nSPS) is 15.7. The number of amides is 1. The van der Waals surface area contributed by atoms with Crippen molar-refractivity contribution >= 4 is 27.0 Å². The van der Waals surface area contributed by atoms with E-state index in [1.807, 2.05) is 11.5 Å². The van der Waals surface area contributed by atoms with E-state index >= 15 is 0 Å². The summed E-state index contributed by atoms with van der Waals surface area (Å²) in [7, 11) is -0.473. The standard InChI is InChI=1S/C19H28N4O3S/c1-4-23-17-10-9-15(27(25,26)22(2)3)13-16(17)21-18(23)11-12-19(24)20-14-7-5-6-8-14/h9-10,13-14H,4-8,11-12H2,1-3H3,(H,20,24). The molecule has 0 bridgehead atoms. The lowest BCUT2D eigenvalue weighted by Gasteiger charge is -2.12. The van der Waals surface area contributed by atoms with E-state index in [4.69, 9.17) is 0 Å². The monoisotopic (exact) mass is 392 g/mol. The summed E-state index contributed by atoms with van der Waals surface area (Å²) < 4.78 is 27.9. The third-order valence-electron chi connectivity index (χ3n) is 5.19. The van der Waals surface area contributed by atoms with E-state index in [1.54, 1.807) is 18.2 Å². The Bertz CT molecular complexity index is 928. The maximum atomic E-state index is 12.4. The molecule has 1 N–H and O–H groups in total. The molecule has 1 amide bonds. The maximum absolute atomic E-state index is 12.4. The zero-order valence-electron chi connectivity index (χ0n) is 16.2. The molecule has 0 atom stereocenters. The van der Waals surface area contributed by atoms with Crippen LogP contribution >= 0.6 is 0 Å². The van der Waals surface area contributed by atoms with Gasteiger partial charge in [-0.1, -0.05) is 12.8 Å². The molecule has 1 aromatic heterocycles. The number of fused-ring (bicyclic) bond motifs is 1. The van der Waals surface area contributed by atoms with Gasteiger partial charge in [0.1, 0.15) is 5.82 Å². The summed E-state index contributed by atoms with van der Waals surface area (Å²) in [4.78, 5) is 17.1. The van der Waals surface area contributed by atoms with Gasteiger partial charge in [0.2, 0.25) is 15.9 Å². The first-order valence-corrected chi connectivity index (χ1v) is 11.0. The number of carbonyl (C=O) groups excluding carboxylic acids is 1. The highest BCUT2D eigenvalue weighted by molar-refractivity contribution is 7.89. The highest BCUT2D eigenvalue weighted by Gasteiger charge is 2.20. The molecule has 1 saturated carbocycles. The van der Waals surface area contributed by atoms with Crippen LogP contribution in [0.1, 0.15) is 44.9 Å². The molecule has 1 aliphatic rings. The van der Waals surface area contributed by atoms with Gasteiger partial charge < -0.3 is 9.88 Å². The van der Waals surface area contributed by atoms with Crippen molar-refractivity contribution in [3.05, 3.63) is 24.0 Å². The predicted molar refractivity (Wildman–Crippen MR) is 105 cm³/mol. The van der Waals surface area contributed by atoms with Crippen LogP contribution in [0.5, 0.6) is 0 Å².